The Balaban J connectivity index is 1.71. The van der Waals surface area contributed by atoms with Gasteiger partial charge in [-0.05, 0) is 30.9 Å². The number of nitrogens with zero attached hydrogens (tertiary/aromatic N) is 1. The fourth-order valence-corrected chi connectivity index (χ4v) is 2.78. The first kappa shape index (κ1) is 15.7. The van der Waals surface area contributed by atoms with Gasteiger partial charge in [0.2, 0.25) is 0 Å². The predicted octanol–water partition coefficient (Wildman–Crippen LogP) is 3.93. The average molecular weight is 306 g/mol. The molecule has 23 heavy (non-hydrogen) atoms. The van der Waals surface area contributed by atoms with Crippen LogP contribution in [0.1, 0.15) is 35.9 Å². The van der Waals surface area contributed by atoms with Crippen LogP contribution in [0.25, 0.3) is 10.8 Å². The normalized spacial score (nSPS) is 13.9. The fraction of sp³-hybridized carbons (Fsp3) is 0.250. The summed E-state index contributed by atoms with van der Waals surface area (Å²) in [6.07, 6.45) is 1.32. The Bertz CT molecular complexity index is 778. The van der Waals surface area contributed by atoms with Crippen molar-refractivity contribution in [3.63, 3.8) is 0 Å². The molecule has 3 rings (SSSR count). The molecule has 2 N–H and O–H groups in total. The molecule has 0 aliphatic carbocycles. The summed E-state index contributed by atoms with van der Waals surface area (Å²) in [5, 5.41) is 16.1. The summed E-state index contributed by atoms with van der Waals surface area (Å²) in [5.41, 5.74) is 3.14. The van der Waals surface area contributed by atoms with E-state index in [0.29, 0.717) is 6.54 Å². The maximum atomic E-state index is 10.3. The number of aliphatic hydroxyl groups is 1. The standard InChI is InChI=1S/C20H22N2O/c1-14-7-9-17(10-8-14)19(23)13-22-15(2)20-18-6-4-3-5-16(18)11-12-21-20/h3-12,15,19,22-23H,13H2,1-2H3. The lowest BCUT2D eigenvalue weighted by Crippen LogP contribution is -2.25. The van der Waals surface area contributed by atoms with Crippen LogP contribution >= 0.6 is 0 Å². The van der Waals surface area contributed by atoms with Crippen molar-refractivity contribution in [3.8, 4) is 0 Å². The Morgan fingerprint density at radius 3 is 2.57 bits per heavy atom. The zero-order chi connectivity index (χ0) is 16.2. The van der Waals surface area contributed by atoms with Crippen molar-refractivity contribution in [2.24, 2.45) is 0 Å². The molecule has 0 aliphatic heterocycles. The quantitative estimate of drug-likeness (QED) is 0.751. The number of benzene rings is 2. The van der Waals surface area contributed by atoms with Crippen molar-refractivity contribution in [3.05, 3.63) is 77.6 Å². The van der Waals surface area contributed by atoms with Crippen molar-refractivity contribution >= 4 is 10.8 Å². The van der Waals surface area contributed by atoms with Crippen molar-refractivity contribution < 1.29 is 5.11 Å². The van der Waals surface area contributed by atoms with E-state index in [1.54, 1.807) is 0 Å². The molecule has 0 saturated heterocycles. The van der Waals surface area contributed by atoms with Gasteiger partial charge in [0.25, 0.3) is 0 Å². The Hall–Kier alpha value is -2.23. The minimum Gasteiger partial charge on any atom is -0.387 e. The maximum absolute atomic E-state index is 10.3. The van der Waals surface area contributed by atoms with E-state index in [4.69, 9.17) is 0 Å². The molecular formula is C20H22N2O. The van der Waals surface area contributed by atoms with Gasteiger partial charge in [-0.15, -0.1) is 0 Å². The topological polar surface area (TPSA) is 45.1 Å². The molecule has 3 aromatic rings. The zero-order valence-corrected chi connectivity index (χ0v) is 13.5. The second-order valence-corrected chi connectivity index (χ2v) is 5.97. The molecule has 2 atom stereocenters. The van der Waals surface area contributed by atoms with Crippen LogP contribution in [0.4, 0.5) is 0 Å². The SMILES string of the molecule is Cc1ccc(C(O)CNC(C)c2nccc3ccccc23)cc1. The summed E-state index contributed by atoms with van der Waals surface area (Å²) < 4.78 is 0. The van der Waals surface area contributed by atoms with Gasteiger partial charge in [0.15, 0.2) is 0 Å². The number of fused-ring (bicyclic) bond motifs is 1. The third-order valence-corrected chi connectivity index (χ3v) is 4.19. The van der Waals surface area contributed by atoms with Crippen LogP contribution in [0.3, 0.4) is 0 Å². The molecule has 3 heteroatoms. The molecule has 0 fully saturated rings. The summed E-state index contributed by atoms with van der Waals surface area (Å²) in [6, 6.07) is 18.3. The van der Waals surface area contributed by atoms with Crippen LogP contribution in [0.5, 0.6) is 0 Å². The van der Waals surface area contributed by atoms with Crippen LogP contribution in [-0.2, 0) is 0 Å². The summed E-state index contributed by atoms with van der Waals surface area (Å²) in [5.74, 6) is 0. The van der Waals surface area contributed by atoms with Gasteiger partial charge in [-0.3, -0.25) is 4.98 Å². The molecule has 2 unspecified atom stereocenters. The maximum Gasteiger partial charge on any atom is 0.0914 e. The highest BCUT2D eigenvalue weighted by atomic mass is 16.3. The van der Waals surface area contributed by atoms with Gasteiger partial charge in [0.05, 0.1) is 11.8 Å². The van der Waals surface area contributed by atoms with E-state index in [-0.39, 0.29) is 6.04 Å². The molecule has 3 nitrogen and oxygen atoms in total. The van der Waals surface area contributed by atoms with E-state index in [2.05, 4.69) is 29.4 Å². The van der Waals surface area contributed by atoms with Gasteiger partial charge in [-0.25, -0.2) is 0 Å². The van der Waals surface area contributed by atoms with Gasteiger partial charge < -0.3 is 10.4 Å². The lowest BCUT2D eigenvalue weighted by Gasteiger charge is -2.18. The van der Waals surface area contributed by atoms with E-state index in [0.717, 1.165) is 16.6 Å². The van der Waals surface area contributed by atoms with Crippen molar-refractivity contribution in [2.75, 3.05) is 6.54 Å². The number of nitrogens with one attached hydrogen (secondary N) is 1. The Morgan fingerprint density at radius 2 is 1.78 bits per heavy atom. The van der Waals surface area contributed by atoms with Crippen molar-refractivity contribution in [2.45, 2.75) is 26.0 Å². The van der Waals surface area contributed by atoms with Gasteiger partial charge in [0.1, 0.15) is 0 Å². The molecule has 0 radical (unpaired) electrons. The largest absolute Gasteiger partial charge is 0.387 e. The van der Waals surface area contributed by atoms with E-state index in [1.165, 1.54) is 10.9 Å². The highest BCUT2D eigenvalue weighted by Crippen LogP contribution is 2.22. The number of aliphatic hydroxyl groups excluding tert-OH is 1. The Morgan fingerprint density at radius 1 is 1.04 bits per heavy atom. The molecule has 1 aromatic heterocycles. The summed E-state index contributed by atoms with van der Waals surface area (Å²) >= 11 is 0. The molecule has 118 valence electrons. The van der Waals surface area contributed by atoms with Crippen LogP contribution < -0.4 is 5.32 Å². The first-order valence-corrected chi connectivity index (χ1v) is 7.97. The first-order chi connectivity index (χ1) is 11.1. The lowest BCUT2D eigenvalue weighted by atomic mass is 10.0. The molecular weight excluding hydrogens is 284 g/mol. The number of hydrogen-bond donors (Lipinski definition) is 2. The molecule has 0 saturated carbocycles. The minimum absolute atomic E-state index is 0.0706. The summed E-state index contributed by atoms with van der Waals surface area (Å²) in [4.78, 5) is 4.52. The average Bonchev–Trinajstić information content (AvgIpc) is 2.59. The number of hydrogen-bond acceptors (Lipinski definition) is 3. The highest BCUT2D eigenvalue weighted by molar-refractivity contribution is 5.84. The molecule has 0 bridgehead atoms. The minimum atomic E-state index is -0.520. The Kier molecular flexibility index (Phi) is 4.70. The van der Waals surface area contributed by atoms with Gasteiger partial charge in [-0.2, -0.15) is 0 Å². The van der Waals surface area contributed by atoms with Gasteiger partial charge >= 0.3 is 0 Å². The molecule has 1 heterocycles. The van der Waals surface area contributed by atoms with Crippen LogP contribution in [-0.4, -0.2) is 16.6 Å². The predicted molar refractivity (Wildman–Crippen MR) is 94.3 cm³/mol. The Labute approximate surface area is 137 Å². The van der Waals surface area contributed by atoms with E-state index in [9.17, 15) is 5.11 Å². The second kappa shape index (κ2) is 6.90. The fourth-order valence-electron chi connectivity index (χ4n) is 2.78. The number of aryl methyl sites for hydroxylation is 1. The van der Waals surface area contributed by atoms with Gasteiger partial charge in [-0.1, -0.05) is 54.1 Å². The van der Waals surface area contributed by atoms with E-state index >= 15 is 0 Å². The monoisotopic (exact) mass is 306 g/mol. The molecule has 0 spiro atoms. The third kappa shape index (κ3) is 3.58. The lowest BCUT2D eigenvalue weighted by molar-refractivity contribution is 0.170. The highest BCUT2D eigenvalue weighted by Gasteiger charge is 2.13. The zero-order valence-electron chi connectivity index (χ0n) is 13.5. The molecule has 0 amide bonds. The smallest absolute Gasteiger partial charge is 0.0914 e. The number of rotatable bonds is 5. The second-order valence-electron chi connectivity index (χ2n) is 5.97. The molecule has 0 aliphatic rings. The van der Waals surface area contributed by atoms with Crippen LogP contribution in [0, 0.1) is 6.92 Å². The van der Waals surface area contributed by atoms with Crippen LogP contribution in [0.15, 0.2) is 60.8 Å². The first-order valence-electron chi connectivity index (χ1n) is 7.97. The summed E-state index contributed by atoms with van der Waals surface area (Å²) in [6.45, 7) is 4.62. The van der Waals surface area contributed by atoms with Crippen LogP contribution in [0.2, 0.25) is 0 Å². The van der Waals surface area contributed by atoms with E-state index < -0.39 is 6.10 Å². The van der Waals surface area contributed by atoms with Crippen molar-refractivity contribution in [1.82, 2.24) is 10.3 Å². The number of pyridine rings is 1. The van der Waals surface area contributed by atoms with E-state index in [1.807, 2.05) is 55.6 Å². The van der Waals surface area contributed by atoms with Crippen molar-refractivity contribution in [1.29, 1.82) is 0 Å². The summed E-state index contributed by atoms with van der Waals surface area (Å²) in [7, 11) is 0. The number of aromatic nitrogens is 1. The molecule has 2 aromatic carbocycles. The van der Waals surface area contributed by atoms with Gasteiger partial charge in [0, 0.05) is 24.2 Å². The third-order valence-electron chi connectivity index (χ3n) is 4.19.